The Kier molecular flexibility index (Phi) is 4.85. The minimum Gasteiger partial charge on any atom is -0.346 e. The maximum atomic E-state index is 12.0. The van der Waals surface area contributed by atoms with E-state index in [1.54, 1.807) is 23.5 Å². The molecule has 4 nitrogen and oxygen atoms in total. The van der Waals surface area contributed by atoms with Crippen molar-refractivity contribution in [1.82, 2.24) is 10.3 Å². The van der Waals surface area contributed by atoms with Crippen molar-refractivity contribution in [3.05, 3.63) is 45.9 Å². The van der Waals surface area contributed by atoms with Crippen LogP contribution in [0.2, 0.25) is 5.02 Å². The zero-order valence-electron chi connectivity index (χ0n) is 12.7. The quantitative estimate of drug-likeness (QED) is 0.851. The average molecular weight is 346 g/mol. The Morgan fingerprint density at radius 2 is 2.39 bits per heavy atom. The highest BCUT2D eigenvalue weighted by molar-refractivity contribution is 7.13. The third-order valence-corrected chi connectivity index (χ3v) is 4.80. The molecule has 118 valence electrons. The van der Waals surface area contributed by atoms with Gasteiger partial charge in [0.1, 0.15) is 0 Å². The second-order valence-corrected chi connectivity index (χ2v) is 6.71. The molecule has 1 aromatic heterocycles. The van der Waals surface area contributed by atoms with Crippen molar-refractivity contribution in [2.75, 3.05) is 18.0 Å². The highest BCUT2D eigenvalue weighted by Crippen LogP contribution is 2.24. The van der Waals surface area contributed by atoms with E-state index in [0.717, 1.165) is 35.9 Å². The van der Waals surface area contributed by atoms with E-state index in [0.29, 0.717) is 5.02 Å². The molecule has 0 spiro atoms. The summed E-state index contributed by atoms with van der Waals surface area (Å²) in [5.41, 5.74) is 1.77. The van der Waals surface area contributed by atoms with E-state index in [4.69, 9.17) is 11.6 Å². The molecule has 1 atom stereocenters. The number of amides is 1. The minimum atomic E-state index is -0.257. The summed E-state index contributed by atoms with van der Waals surface area (Å²) in [6.45, 7) is 3.66. The minimum absolute atomic E-state index is 0.111. The second kappa shape index (κ2) is 7.03. The molecule has 0 saturated carbocycles. The summed E-state index contributed by atoms with van der Waals surface area (Å²) in [5, 5.41) is 6.63. The molecule has 1 N–H and O–H groups in total. The fourth-order valence-corrected chi connectivity index (χ4v) is 3.49. The SMILES string of the molecule is Cc1csc(N2CCC(NC(=O)C#Cc3cccc(Cl)c3)C2)n1. The first-order valence-corrected chi connectivity index (χ1v) is 8.61. The van der Waals surface area contributed by atoms with Gasteiger partial charge in [-0.3, -0.25) is 4.79 Å². The number of nitrogens with zero attached hydrogens (tertiary/aromatic N) is 2. The number of hydrogen-bond donors (Lipinski definition) is 1. The van der Waals surface area contributed by atoms with Crippen LogP contribution in [0.5, 0.6) is 0 Å². The number of halogens is 1. The molecule has 1 aromatic carbocycles. The van der Waals surface area contributed by atoms with Gasteiger partial charge in [-0.1, -0.05) is 23.6 Å². The van der Waals surface area contributed by atoms with Gasteiger partial charge in [0.15, 0.2) is 5.13 Å². The molecule has 3 rings (SSSR count). The number of nitrogens with one attached hydrogen (secondary N) is 1. The van der Waals surface area contributed by atoms with Crippen molar-refractivity contribution in [3.63, 3.8) is 0 Å². The standard InChI is InChI=1S/C17H16ClN3OS/c1-12-11-23-17(19-12)21-8-7-15(10-21)20-16(22)6-5-13-3-2-4-14(18)9-13/h2-4,9,11,15H,7-8,10H2,1H3,(H,20,22). The smallest absolute Gasteiger partial charge is 0.296 e. The monoisotopic (exact) mass is 345 g/mol. The van der Waals surface area contributed by atoms with Gasteiger partial charge in [0.2, 0.25) is 0 Å². The van der Waals surface area contributed by atoms with Crippen LogP contribution in [0.4, 0.5) is 5.13 Å². The molecule has 0 bridgehead atoms. The number of hydrogen-bond acceptors (Lipinski definition) is 4. The van der Waals surface area contributed by atoms with Crippen LogP contribution in [0.3, 0.4) is 0 Å². The molecule has 6 heteroatoms. The molecular formula is C17H16ClN3OS. The summed E-state index contributed by atoms with van der Waals surface area (Å²) in [6, 6.07) is 7.27. The molecule has 23 heavy (non-hydrogen) atoms. The number of carbonyl (C=O) groups excluding carboxylic acids is 1. The normalized spacial score (nSPS) is 16.8. The van der Waals surface area contributed by atoms with Crippen LogP contribution in [-0.2, 0) is 4.79 Å². The van der Waals surface area contributed by atoms with E-state index in [2.05, 4.69) is 27.0 Å². The van der Waals surface area contributed by atoms with Crippen molar-refractivity contribution in [1.29, 1.82) is 0 Å². The lowest BCUT2D eigenvalue weighted by atomic mass is 10.2. The van der Waals surface area contributed by atoms with E-state index in [1.165, 1.54) is 0 Å². The van der Waals surface area contributed by atoms with Gasteiger partial charge in [-0.2, -0.15) is 0 Å². The van der Waals surface area contributed by atoms with Crippen LogP contribution in [-0.4, -0.2) is 30.0 Å². The Bertz CT molecular complexity index is 777. The molecule has 1 aliphatic rings. The number of aromatic nitrogens is 1. The predicted octanol–water partition coefficient (Wildman–Crippen LogP) is 2.85. The number of aryl methyl sites for hydroxylation is 1. The molecule has 1 amide bonds. The van der Waals surface area contributed by atoms with E-state index in [1.807, 2.05) is 24.4 Å². The van der Waals surface area contributed by atoms with Crippen LogP contribution >= 0.6 is 22.9 Å². The average Bonchev–Trinajstić information content (AvgIpc) is 3.14. The number of carbonyl (C=O) groups is 1. The Morgan fingerprint density at radius 1 is 1.52 bits per heavy atom. The Hall–Kier alpha value is -2.03. The molecule has 1 fully saturated rings. The first-order valence-electron chi connectivity index (χ1n) is 7.35. The van der Waals surface area contributed by atoms with Crippen LogP contribution in [0, 0.1) is 18.8 Å². The third kappa shape index (κ3) is 4.25. The lowest BCUT2D eigenvalue weighted by Gasteiger charge is -2.14. The number of benzene rings is 1. The van der Waals surface area contributed by atoms with Gasteiger partial charge in [0, 0.05) is 41.0 Å². The first-order chi connectivity index (χ1) is 11.1. The fraction of sp³-hybridized carbons (Fsp3) is 0.294. The van der Waals surface area contributed by atoms with Gasteiger partial charge in [0.05, 0.1) is 5.69 Å². The summed E-state index contributed by atoms with van der Waals surface area (Å²) >= 11 is 7.53. The zero-order valence-corrected chi connectivity index (χ0v) is 14.2. The van der Waals surface area contributed by atoms with Gasteiger partial charge in [0.25, 0.3) is 5.91 Å². The highest BCUT2D eigenvalue weighted by atomic mass is 35.5. The van der Waals surface area contributed by atoms with E-state index >= 15 is 0 Å². The molecular weight excluding hydrogens is 330 g/mol. The van der Waals surface area contributed by atoms with E-state index in [-0.39, 0.29) is 11.9 Å². The van der Waals surface area contributed by atoms with Gasteiger partial charge < -0.3 is 10.2 Å². The van der Waals surface area contributed by atoms with Gasteiger partial charge in [-0.15, -0.1) is 11.3 Å². The van der Waals surface area contributed by atoms with Gasteiger partial charge >= 0.3 is 0 Å². The van der Waals surface area contributed by atoms with Crippen LogP contribution in [0.15, 0.2) is 29.6 Å². The second-order valence-electron chi connectivity index (χ2n) is 5.44. The van der Waals surface area contributed by atoms with Crippen molar-refractivity contribution < 1.29 is 4.79 Å². The number of thiazole rings is 1. The highest BCUT2D eigenvalue weighted by Gasteiger charge is 2.25. The van der Waals surface area contributed by atoms with Crippen LogP contribution in [0.25, 0.3) is 0 Å². The molecule has 2 heterocycles. The lowest BCUT2D eigenvalue weighted by molar-refractivity contribution is -0.116. The Labute approximate surface area is 144 Å². The molecule has 1 unspecified atom stereocenters. The maximum Gasteiger partial charge on any atom is 0.296 e. The zero-order chi connectivity index (χ0) is 16.2. The molecule has 1 saturated heterocycles. The van der Waals surface area contributed by atoms with Gasteiger partial charge in [-0.25, -0.2) is 4.98 Å². The number of rotatable bonds is 2. The number of anilines is 1. The fourth-order valence-electron chi connectivity index (χ4n) is 2.46. The summed E-state index contributed by atoms with van der Waals surface area (Å²) in [7, 11) is 0. The Morgan fingerprint density at radius 3 is 3.13 bits per heavy atom. The molecule has 0 radical (unpaired) electrons. The van der Waals surface area contributed by atoms with Crippen molar-refractivity contribution in [2.24, 2.45) is 0 Å². The predicted molar refractivity (Wildman–Crippen MR) is 93.9 cm³/mol. The summed E-state index contributed by atoms with van der Waals surface area (Å²) in [5.74, 6) is 5.20. The van der Waals surface area contributed by atoms with E-state index < -0.39 is 0 Å². The Balaban J connectivity index is 1.55. The van der Waals surface area contributed by atoms with Crippen molar-refractivity contribution in [2.45, 2.75) is 19.4 Å². The van der Waals surface area contributed by atoms with Crippen LogP contribution in [0.1, 0.15) is 17.7 Å². The topological polar surface area (TPSA) is 45.2 Å². The molecule has 0 aliphatic carbocycles. The first kappa shape index (κ1) is 15.9. The lowest BCUT2D eigenvalue weighted by Crippen LogP contribution is -2.36. The van der Waals surface area contributed by atoms with E-state index in [9.17, 15) is 4.79 Å². The van der Waals surface area contributed by atoms with Gasteiger partial charge in [-0.05, 0) is 31.5 Å². The summed E-state index contributed by atoms with van der Waals surface area (Å²) < 4.78 is 0. The molecule has 1 aliphatic heterocycles. The van der Waals surface area contributed by atoms with Crippen molar-refractivity contribution >= 4 is 34.0 Å². The molecule has 2 aromatic rings. The third-order valence-electron chi connectivity index (χ3n) is 3.55. The maximum absolute atomic E-state index is 12.0. The summed E-state index contributed by atoms with van der Waals surface area (Å²) in [6.07, 6.45) is 0.906. The largest absolute Gasteiger partial charge is 0.346 e. The summed E-state index contributed by atoms with van der Waals surface area (Å²) in [4.78, 5) is 18.6. The van der Waals surface area contributed by atoms with Crippen LogP contribution < -0.4 is 10.2 Å². The van der Waals surface area contributed by atoms with Crippen molar-refractivity contribution in [3.8, 4) is 11.8 Å².